The molecule has 0 bridgehead atoms. The van der Waals surface area contributed by atoms with Crippen molar-refractivity contribution in [2.75, 3.05) is 33.4 Å². The van der Waals surface area contributed by atoms with Crippen LogP contribution in [0.25, 0.3) is 11.1 Å². The number of carbonyl (C=O) groups excluding carboxylic acids is 1. The Bertz CT molecular complexity index is 1200. The zero-order valence-corrected chi connectivity index (χ0v) is 19.1. The van der Waals surface area contributed by atoms with Crippen LogP contribution in [0.2, 0.25) is 0 Å². The molecule has 3 aromatic rings. The van der Waals surface area contributed by atoms with Crippen molar-refractivity contribution >= 4 is 16.0 Å². The van der Waals surface area contributed by atoms with Crippen molar-refractivity contribution in [3.8, 4) is 16.9 Å². The number of morpholine rings is 1. The highest BCUT2D eigenvalue weighted by Crippen LogP contribution is 2.26. The second kappa shape index (κ2) is 10.2. The molecular formula is C25H25NO6S. The smallest absolute Gasteiger partial charge is 0.342 e. The average molecular weight is 468 g/mol. The zero-order valence-electron chi connectivity index (χ0n) is 18.3. The molecule has 8 heteroatoms. The molecule has 0 radical (unpaired) electrons. The number of carbonyl (C=O) groups is 1. The van der Waals surface area contributed by atoms with E-state index in [1.165, 1.54) is 29.6 Å². The molecule has 1 saturated heterocycles. The summed E-state index contributed by atoms with van der Waals surface area (Å²) in [6.45, 7) is 1.28. The predicted octanol–water partition coefficient (Wildman–Crippen LogP) is 3.74. The maximum absolute atomic E-state index is 13.0. The lowest BCUT2D eigenvalue weighted by atomic mass is 10.0. The fourth-order valence-electron chi connectivity index (χ4n) is 3.59. The van der Waals surface area contributed by atoms with E-state index < -0.39 is 16.0 Å². The van der Waals surface area contributed by atoms with Crippen molar-refractivity contribution in [1.82, 2.24) is 4.31 Å². The summed E-state index contributed by atoms with van der Waals surface area (Å²) in [5, 5.41) is 0. The van der Waals surface area contributed by atoms with E-state index in [1.807, 2.05) is 54.6 Å². The highest BCUT2D eigenvalue weighted by Gasteiger charge is 2.28. The second-order valence-corrected chi connectivity index (χ2v) is 9.46. The summed E-state index contributed by atoms with van der Waals surface area (Å²) < 4.78 is 43.3. The predicted molar refractivity (Wildman–Crippen MR) is 124 cm³/mol. The Hall–Kier alpha value is -3.20. The van der Waals surface area contributed by atoms with Crippen LogP contribution < -0.4 is 4.74 Å². The lowest BCUT2D eigenvalue weighted by molar-refractivity contribution is 0.0468. The second-order valence-electron chi connectivity index (χ2n) is 7.52. The average Bonchev–Trinajstić information content (AvgIpc) is 2.88. The number of nitrogens with zero attached hydrogens (tertiary/aromatic N) is 1. The zero-order chi connectivity index (χ0) is 23.3. The molecule has 0 saturated carbocycles. The van der Waals surface area contributed by atoms with Gasteiger partial charge in [0.25, 0.3) is 0 Å². The van der Waals surface area contributed by atoms with Gasteiger partial charge in [-0.05, 0) is 34.9 Å². The summed E-state index contributed by atoms with van der Waals surface area (Å²) in [5.41, 5.74) is 3.05. The van der Waals surface area contributed by atoms with E-state index in [0.717, 1.165) is 16.7 Å². The molecular weight excluding hydrogens is 442 g/mol. The first-order valence-electron chi connectivity index (χ1n) is 10.6. The third-order valence-electron chi connectivity index (χ3n) is 5.43. The quantitative estimate of drug-likeness (QED) is 0.493. The van der Waals surface area contributed by atoms with Gasteiger partial charge in [-0.3, -0.25) is 0 Å². The Morgan fingerprint density at radius 3 is 2.27 bits per heavy atom. The third-order valence-corrected chi connectivity index (χ3v) is 7.32. The number of benzene rings is 3. The van der Waals surface area contributed by atoms with Gasteiger partial charge in [0.05, 0.1) is 25.2 Å². The summed E-state index contributed by atoms with van der Waals surface area (Å²) in [4.78, 5) is 12.8. The van der Waals surface area contributed by atoms with Crippen LogP contribution in [0.5, 0.6) is 5.75 Å². The van der Waals surface area contributed by atoms with E-state index in [0.29, 0.717) is 13.2 Å². The molecule has 0 aromatic heterocycles. The van der Waals surface area contributed by atoms with Crippen molar-refractivity contribution in [2.24, 2.45) is 0 Å². The molecule has 0 unspecified atom stereocenters. The van der Waals surface area contributed by atoms with Gasteiger partial charge in [-0.25, -0.2) is 13.2 Å². The fourth-order valence-corrected chi connectivity index (χ4v) is 5.03. The van der Waals surface area contributed by atoms with Gasteiger partial charge in [-0.1, -0.05) is 54.6 Å². The first-order valence-corrected chi connectivity index (χ1v) is 12.0. The van der Waals surface area contributed by atoms with Crippen LogP contribution >= 0.6 is 0 Å². The summed E-state index contributed by atoms with van der Waals surface area (Å²) in [6.07, 6.45) is 0. The Kier molecular flexibility index (Phi) is 7.08. The molecule has 0 spiro atoms. The Morgan fingerprint density at radius 1 is 0.939 bits per heavy atom. The van der Waals surface area contributed by atoms with E-state index in [-0.39, 0.29) is 35.9 Å². The van der Waals surface area contributed by atoms with Crippen molar-refractivity contribution in [2.45, 2.75) is 11.5 Å². The highest BCUT2D eigenvalue weighted by atomic mass is 32.2. The van der Waals surface area contributed by atoms with Crippen molar-refractivity contribution in [3.63, 3.8) is 0 Å². The number of hydrogen-bond acceptors (Lipinski definition) is 6. The number of sulfonamides is 1. The molecule has 172 valence electrons. The molecule has 0 N–H and O–H groups in total. The fraction of sp³-hybridized carbons (Fsp3) is 0.240. The maximum Gasteiger partial charge on any atom is 0.342 e. The Morgan fingerprint density at radius 2 is 1.61 bits per heavy atom. The first kappa shape index (κ1) is 23.0. The molecule has 0 amide bonds. The minimum absolute atomic E-state index is 0.0179. The number of hydrogen-bond donors (Lipinski definition) is 0. The lowest BCUT2D eigenvalue weighted by Gasteiger charge is -2.26. The van der Waals surface area contributed by atoms with Crippen LogP contribution in [0.3, 0.4) is 0 Å². The van der Waals surface area contributed by atoms with E-state index in [2.05, 4.69) is 0 Å². The van der Waals surface area contributed by atoms with Gasteiger partial charge in [-0.15, -0.1) is 0 Å². The van der Waals surface area contributed by atoms with Crippen molar-refractivity contribution < 1.29 is 27.4 Å². The number of methoxy groups -OCH3 is 1. The molecule has 3 aromatic carbocycles. The van der Waals surface area contributed by atoms with Crippen molar-refractivity contribution in [3.05, 3.63) is 83.9 Å². The van der Waals surface area contributed by atoms with Crippen molar-refractivity contribution in [1.29, 1.82) is 0 Å². The topological polar surface area (TPSA) is 82.1 Å². The third kappa shape index (κ3) is 5.24. The highest BCUT2D eigenvalue weighted by molar-refractivity contribution is 7.89. The van der Waals surface area contributed by atoms with E-state index >= 15 is 0 Å². The van der Waals surface area contributed by atoms with Crippen LogP contribution in [-0.4, -0.2) is 52.1 Å². The molecule has 1 fully saturated rings. The molecule has 33 heavy (non-hydrogen) atoms. The summed E-state index contributed by atoms with van der Waals surface area (Å²) in [7, 11) is -2.33. The molecule has 0 aliphatic carbocycles. The van der Waals surface area contributed by atoms with Crippen LogP contribution in [0.15, 0.2) is 77.7 Å². The number of esters is 1. The van der Waals surface area contributed by atoms with E-state index in [4.69, 9.17) is 14.2 Å². The van der Waals surface area contributed by atoms with Gasteiger partial charge in [0.15, 0.2) is 0 Å². The minimum atomic E-state index is -3.75. The minimum Gasteiger partial charge on any atom is -0.496 e. The largest absolute Gasteiger partial charge is 0.496 e. The van der Waals surface area contributed by atoms with Gasteiger partial charge in [-0.2, -0.15) is 4.31 Å². The monoisotopic (exact) mass is 467 g/mol. The molecule has 1 aliphatic heterocycles. The van der Waals surface area contributed by atoms with Gasteiger partial charge >= 0.3 is 5.97 Å². The van der Waals surface area contributed by atoms with Crippen LogP contribution in [0, 0.1) is 0 Å². The molecule has 0 atom stereocenters. The first-order chi connectivity index (χ1) is 16.0. The summed E-state index contributed by atoms with van der Waals surface area (Å²) >= 11 is 0. The maximum atomic E-state index is 13.0. The summed E-state index contributed by atoms with van der Waals surface area (Å²) in [5.74, 6) is -0.404. The normalized spacial score (nSPS) is 14.6. The lowest BCUT2D eigenvalue weighted by Crippen LogP contribution is -2.40. The molecule has 1 aliphatic rings. The van der Waals surface area contributed by atoms with Gasteiger partial charge in [0.1, 0.15) is 17.9 Å². The van der Waals surface area contributed by atoms with E-state index in [1.54, 1.807) is 0 Å². The Balaban J connectivity index is 1.49. The number of rotatable bonds is 7. The van der Waals surface area contributed by atoms with E-state index in [9.17, 15) is 13.2 Å². The molecule has 4 rings (SSSR count). The number of ether oxygens (including phenoxy) is 3. The Labute approximate surface area is 193 Å². The standard InChI is InChI=1S/C25H25NO6S/c1-30-24-12-11-22(33(28,29)26-13-15-31-16-14-26)17-23(24)25(27)32-18-19-7-9-21(10-8-19)20-5-3-2-4-6-20/h2-12,17H,13-16,18H2,1H3. The molecule has 7 nitrogen and oxygen atoms in total. The molecule has 1 heterocycles. The van der Waals surface area contributed by atoms with Crippen LogP contribution in [-0.2, 0) is 26.1 Å². The van der Waals surface area contributed by atoms with Gasteiger partial charge in [0.2, 0.25) is 10.0 Å². The van der Waals surface area contributed by atoms with Gasteiger partial charge in [0, 0.05) is 13.1 Å². The van der Waals surface area contributed by atoms with Crippen LogP contribution in [0.4, 0.5) is 0 Å². The SMILES string of the molecule is COc1ccc(S(=O)(=O)N2CCOCC2)cc1C(=O)OCc1ccc(-c2ccccc2)cc1. The van der Waals surface area contributed by atoms with Gasteiger partial charge < -0.3 is 14.2 Å². The summed E-state index contributed by atoms with van der Waals surface area (Å²) in [6, 6.07) is 21.9. The van der Waals surface area contributed by atoms with Crippen LogP contribution in [0.1, 0.15) is 15.9 Å².